The predicted octanol–water partition coefficient (Wildman–Crippen LogP) is 4.39. The van der Waals surface area contributed by atoms with E-state index >= 15 is 0 Å². The molecule has 4 nitrogen and oxygen atoms in total. The number of thiazole rings is 1. The number of hydrogen-bond acceptors (Lipinski definition) is 4. The van der Waals surface area contributed by atoms with Gasteiger partial charge in [-0.15, -0.1) is 11.3 Å². The highest BCUT2D eigenvalue weighted by molar-refractivity contribution is 7.16. The van der Waals surface area contributed by atoms with Crippen LogP contribution in [0.4, 0.5) is 8.78 Å². The van der Waals surface area contributed by atoms with Crippen LogP contribution in [0.15, 0.2) is 48.0 Å². The number of nitrogens with one attached hydrogen (secondary N) is 1. The standard InChI is InChI=1S/C17H14F2N2O2S/c1-10(11-6-7-13-15(8-11)24-9-20-13)21-16(22)12-4-2-3-5-14(12)23-17(18)19/h2-10,17H,1H3,(H,21,22)/t10-/m0/s1. The Bertz CT molecular complexity index is 866. The van der Waals surface area contributed by atoms with Crippen LogP contribution >= 0.6 is 11.3 Å². The zero-order valence-corrected chi connectivity index (χ0v) is 13.5. The number of amides is 1. The summed E-state index contributed by atoms with van der Waals surface area (Å²) in [5, 5.41) is 2.80. The minimum atomic E-state index is -2.98. The van der Waals surface area contributed by atoms with Gasteiger partial charge in [-0.05, 0) is 36.8 Å². The van der Waals surface area contributed by atoms with E-state index in [2.05, 4.69) is 15.0 Å². The van der Waals surface area contributed by atoms with E-state index in [1.807, 2.05) is 25.1 Å². The van der Waals surface area contributed by atoms with Gasteiger partial charge >= 0.3 is 6.61 Å². The molecule has 0 radical (unpaired) electrons. The Balaban J connectivity index is 1.78. The fourth-order valence-electron chi connectivity index (χ4n) is 2.35. The molecule has 0 aliphatic heterocycles. The number of halogens is 2. The van der Waals surface area contributed by atoms with Gasteiger partial charge in [0.2, 0.25) is 0 Å². The van der Waals surface area contributed by atoms with Gasteiger partial charge < -0.3 is 10.1 Å². The van der Waals surface area contributed by atoms with Crippen LogP contribution in [0, 0.1) is 0 Å². The second kappa shape index (κ2) is 6.92. The van der Waals surface area contributed by atoms with Crippen molar-refractivity contribution in [2.24, 2.45) is 0 Å². The van der Waals surface area contributed by atoms with Gasteiger partial charge in [0.15, 0.2) is 0 Å². The first-order valence-electron chi connectivity index (χ1n) is 7.22. The molecule has 124 valence electrons. The van der Waals surface area contributed by atoms with Crippen LogP contribution in [0.3, 0.4) is 0 Å². The number of para-hydroxylation sites is 1. The molecule has 3 aromatic rings. The maximum Gasteiger partial charge on any atom is 0.387 e. The Kier molecular flexibility index (Phi) is 4.71. The molecule has 0 saturated heterocycles. The average molecular weight is 348 g/mol. The molecule has 0 bridgehead atoms. The van der Waals surface area contributed by atoms with Crippen molar-refractivity contribution in [1.29, 1.82) is 0 Å². The fourth-order valence-corrected chi connectivity index (χ4v) is 3.08. The van der Waals surface area contributed by atoms with E-state index < -0.39 is 12.5 Å². The van der Waals surface area contributed by atoms with E-state index in [0.717, 1.165) is 15.8 Å². The molecule has 0 fully saturated rings. The maximum absolute atomic E-state index is 12.5. The third kappa shape index (κ3) is 3.51. The van der Waals surface area contributed by atoms with Gasteiger partial charge in [-0.2, -0.15) is 8.78 Å². The maximum atomic E-state index is 12.5. The Morgan fingerprint density at radius 3 is 2.83 bits per heavy atom. The van der Waals surface area contributed by atoms with Crippen LogP contribution in [0.2, 0.25) is 0 Å². The predicted molar refractivity (Wildman–Crippen MR) is 88.6 cm³/mol. The molecule has 0 spiro atoms. The molecule has 1 amide bonds. The molecule has 3 rings (SSSR count). The summed E-state index contributed by atoms with van der Waals surface area (Å²) in [6.07, 6.45) is 0. The van der Waals surface area contributed by atoms with Crippen LogP contribution in [-0.4, -0.2) is 17.5 Å². The zero-order chi connectivity index (χ0) is 17.1. The van der Waals surface area contributed by atoms with Gasteiger partial charge in [0, 0.05) is 0 Å². The van der Waals surface area contributed by atoms with Crippen molar-refractivity contribution in [3.05, 3.63) is 59.1 Å². The smallest absolute Gasteiger partial charge is 0.387 e. The molecule has 0 saturated carbocycles. The summed E-state index contributed by atoms with van der Waals surface area (Å²) in [7, 11) is 0. The highest BCUT2D eigenvalue weighted by Gasteiger charge is 2.17. The molecule has 2 aromatic carbocycles. The number of rotatable bonds is 5. The van der Waals surface area contributed by atoms with Crippen molar-refractivity contribution >= 4 is 27.5 Å². The molecular formula is C17H14F2N2O2S. The number of fused-ring (bicyclic) bond motifs is 1. The van der Waals surface area contributed by atoms with Crippen molar-refractivity contribution in [3.63, 3.8) is 0 Å². The summed E-state index contributed by atoms with van der Waals surface area (Å²) in [5.41, 5.74) is 3.64. The summed E-state index contributed by atoms with van der Waals surface area (Å²) in [4.78, 5) is 16.6. The number of ether oxygens (including phenoxy) is 1. The van der Waals surface area contributed by atoms with Crippen LogP contribution < -0.4 is 10.1 Å². The number of aromatic nitrogens is 1. The molecule has 0 aliphatic carbocycles. The molecular weight excluding hydrogens is 334 g/mol. The van der Waals surface area contributed by atoms with E-state index in [0.29, 0.717) is 0 Å². The van der Waals surface area contributed by atoms with Gasteiger partial charge in [-0.1, -0.05) is 18.2 Å². The third-order valence-corrected chi connectivity index (χ3v) is 4.34. The van der Waals surface area contributed by atoms with Crippen molar-refractivity contribution in [2.75, 3.05) is 0 Å². The number of benzene rings is 2. The number of carbonyl (C=O) groups excluding carboxylic acids is 1. The fraction of sp³-hybridized carbons (Fsp3) is 0.176. The molecule has 7 heteroatoms. The topological polar surface area (TPSA) is 51.2 Å². The first-order chi connectivity index (χ1) is 11.5. The van der Waals surface area contributed by atoms with Crippen molar-refractivity contribution in [1.82, 2.24) is 10.3 Å². The van der Waals surface area contributed by atoms with Gasteiger partial charge in [0.1, 0.15) is 5.75 Å². The van der Waals surface area contributed by atoms with Crippen molar-refractivity contribution < 1.29 is 18.3 Å². The van der Waals surface area contributed by atoms with Gasteiger partial charge in [-0.25, -0.2) is 4.98 Å². The summed E-state index contributed by atoms with van der Waals surface area (Å²) < 4.78 is 30.3. The second-order valence-electron chi connectivity index (χ2n) is 5.15. The van der Waals surface area contributed by atoms with E-state index in [4.69, 9.17) is 0 Å². The lowest BCUT2D eigenvalue weighted by atomic mass is 10.1. The molecule has 1 aromatic heterocycles. The SMILES string of the molecule is C[C@H](NC(=O)c1ccccc1OC(F)F)c1ccc2ncsc2c1. The van der Waals surface area contributed by atoms with Crippen LogP contribution in [0.25, 0.3) is 10.2 Å². The van der Waals surface area contributed by atoms with E-state index in [1.165, 1.54) is 29.5 Å². The molecule has 24 heavy (non-hydrogen) atoms. The molecule has 1 N–H and O–H groups in total. The first-order valence-corrected chi connectivity index (χ1v) is 8.10. The van der Waals surface area contributed by atoms with Crippen LogP contribution in [0.5, 0.6) is 5.75 Å². The number of hydrogen-bond donors (Lipinski definition) is 1. The van der Waals surface area contributed by atoms with E-state index in [1.54, 1.807) is 11.6 Å². The molecule has 0 unspecified atom stereocenters. The lowest BCUT2D eigenvalue weighted by Gasteiger charge is -2.16. The number of carbonyl (C=O) groups is 1. The van der Waals surface area contributed by atoms with Crippen LogP contribution in [0.1, 0.15) is 28.9 Å². The highest BCUT2D eigenvalue weighted by Crippen LogP contribution is 2.24. The summed E-state index contributed by atoms with van der Waals surface area (Å²) in [6.45, 7) is -1.15. The minimum absolute atomic E-state index is 0.0727. The Morgan fingerprint density at radius 2 is 2.04 bits per heavy atom. The summed E-state index contributed by atoms with van der Waals surface area (Å²) >= 11 is 1.52. The normalized spacial score (nSPS) is 12.3. The monoisotopic (exact) mass is 348 g/mol. The zero-order valence-electron chi connectivity index (χ0n) is 12.7. The quantitative estimate of drug-likeness (QED) is 0.744. The largest absolute Gasteiger partial charge is 0.434 e. The van der Waals surface area contributed by atoms with Crippen LogP contribution in [-0.2, 0) is 0 Å². The second-order valence-corrected chi connectivity index (χ2v) is 6.04. The van der Waals surface area contributed by atoms with E-state index in [-0.39, 0.29) is 17.4 Å². The lowest BCUT2D eigenvalue weighted by molar-refractivity contribution is -0.0501. The summed E-state index contributed by atoms with van der Waals surface area (Å²) in [6, 6.07) is 11.4. The molecule has 1 atom stereocenters. The number of nitrogens with zero attached hydrogens (tertiary/aromatic N) is 1. The number of alkyl halides is 2. The summed E-state index contributed by atoms with van der Waals surface area (Å²) in [5.74, 6) is -0.613. The Morgan fingerprint density at radius 1 is 1.25 bits per heavy atom. The van der Waals surface area contributed by atoms with Gasteiger partial charge in [-0.3, -0.25) is 4.79 Å². The highest BCUT2D eigenvalue weighted by atomic mass is 32.1. The van der Waals surface area contributed by atoms with E-state index in [9.17, 15) is 13.6 Å². The Labute approximate surface area is 141 Å². The molecule has 0 aliphatic rings. The molecule has 1 heterocycles. The van der Waals surface area contributed by atoms with Crippen molar-refractivity contribution in [3.8, 4) is 5.75 Å². The lowest BCUT2D eigenvalue weighted by Crippen LogP contribution is -2.27. The van der Waals surface area contributed by atoms with Gasteiger partial charge in [0.05, 0.1) is 27.3 Å². The van der Waals surface area contributed by atoms with Gasteiger partial charge in [0.25, 0.3) is 5.91 Å². The van der Waals surface area contributed by atoms with Crippen molar-refractivity contribution in [2.45, 2.75) is 19.6 Å². The Hall–Kier alpha value is -2.54. The third-order valence-electron chi connectivity index (χ3n) is 3.55. The first kappa shape index (κ1) is 16.3. The average Bonchev–Trinajstić information content (AvgIpc) is 3.02. The minimum Gasteiger partial charge on any atom is -0.434 e.